The molecule has 1 N–H and O–H groups in total. The van der Waals surface area contributed by atoms with Crippen LogP contribution in [0.1, 0.15) is 22.8 Å². The Labute approximate surface area is 111 Å². The van der Waals surface area contributed by atoms with Gasteiger partial charge < -0.3 is 5.32 Å². The quantitative estimate of drug-likeness (QED) is 0.914. The third kappa shape index (κ3) is 2.43. The molecule has 4 heteroatoms. The number of nitrogens with one attached hydrogen (secondary N) is 1. The van der Waals surface area contributed by atoms with Crippen molar-refractivity contribution in [3.05, 3.63) is 52.5 Å². The van der Waals surface area contributed by atoms with Crippen LogP contribution in [0.2, 0.25) is 0 Å². The molecule has 0 aliphatic carbocycles. The minimum absolute atomic E-state index is 0.386. The Balaban J connectivity index is 1.89. The molecule has 2 aromatic heterocycles. The van der Waals surface area contributed by atoms with Crippen LogP contribution in [0.4, 0.5) is 0 Å². The first-order chi connectivity index (χ1) is 8.93. The molecule has 0 spiro atoms. The number of thiophene rings is 1. The Hall–Kier alpha value is -1.68. The second kappa shape index (κ2) is 5.31. The molecule has 1 aliphatic heterocycles. The lowest BCUT2D eigenvalue weighted by molar-refractivity contribution is 0.847. The van der Waals surface area contributed by atoms with E-state index in [1.165, 1.54) is 10.4 Å². The average Bonchev–Trinajstić information content (AvgIpc) is 3.10. The molecule has 1 aliphatic rings. The number of nitrogens with zero attached hydrogens (tertiary/aromatic N) is 2. The third-order valence-electron chi connectivity index (χ3n) is 3.14. The monoisotopic (exact) mass is 257 g/mol. The van der Waals surface area contributed by atoms with Crippen molar-refractivity contribution in [3.63, 3.8) is 0 Å². The maximum Gasteiger partial charge on any atom is 0.0974 e. The van der Waals surface area contributed by atoms with E-state index in [1.807, 2.05) is 12.4 Å². The third-order valence-corrected chi connectivity index (χ3v) is 4.12. The summed E-state index contributed by atoms with van der Waals surface area (Å²) in [5, 5.41) is 5.49. The van der Waals surface area contributed by atoms with Gasteiger partial charge in [-0.05, 0) is 29.1 Å². The number of aliphatic imine (C=N–C) groups is 1. The molecule has 3 rings (SSSR count). The number of hydrogen-bond donors (Lipinski definition) is 1. The van der Waals surface area contributed by atoms with Gasteiger partial charge in [0.1, 0.15) is 0 Å². The minimum atomic E-state index is 0.386. The average molecular weight is 257 g/mol. The van der Waals surface area contributed by atoms with Crippen LogP contribution in [-0.4, -0.2) is 23.9 Å². The second-order valence-corrected chi connectivity index (χ2v) is 5.29. The highest BCUT2D eigenvalue weighted by Gasteiger charge is 2.19. The van der Waals surface area contributed by atoms with Crippen LogP contribution < -0.4 is 5.32 Å². The van der Waals surface area contributed by atoms with Gasteiger partial charge in [-0.3, -0.25) is 9.98 Å². The fraction of sp³-hybridized carbons (Fsp3) is 0.286. The molecule has 0 saturated heterocycles. The Morgan fingerprint density at radius 1 is 1.28 bits per heavy atom. The molecule has 0 bridgehead atoms. The van der Waals surface area contributed by atoms with E-state index in [1.54, 1.807) is 11.3 Å². The van der Waals surface area contributed by atoms with Crippen molar-refractivity contribution in [3.8, 4) is 0 Å². The summed E-state index contributed by atoms with van der Waals surface area (Å²) in [6.45, 7) is 1.88. The lowest BCUT2D eigenvalue weighted by Crippen LogP contribution is -2.21. The smallest absolute Gasteiger partial charge is 0.0974 e. The molecular weight excluding hydrogens is 242 g/mol. The van der Waals surface area contributed by atoms with Gasteiger partial charge in [0.25, 0.3) is 0 Å². The molecule has 0 amide bonds. The lowest BCUT2D eigenvalue weighted by atomic mass is 9.94. The number of pyridine rings is 1. The molecule has 3 heterocycles. The SMILES string of the molecule is c1csc([C@H](CC2=NCCN2)c2ccncc2)c1. The molecule has 0 radical (unpaired) electrons. The van der Waals surface area contributed by atoms with Crippen LogP contribution >= 0.6 is 11.3 Å². The van der Waals surface area contributed by atoms with E-state index in [9.17, 15) is 0 Å². The molecule has 0 fully saturated rings. The Kier molecular flexibility index (Phi) is 3.37. The van der Waals surface area contributed by atoms with E-state index >= 15 is 0 Å². The Morgan fingerprint density at radius 3 is 2.83 bits per heavy atom. The summed E-state index contributed by atoms with van der Waals surface area (Å²) < 4.78 is 0. The zero-order valence-corrected chi connectivity index (χ0v) is 10.9. The van der Waals surface area contributed by atoms with Gasteiger partial charge >= 0.3 is 0 Å². The number of rotatable bonds is 4. The van der Waals surface area contributed by atoms with Crippen LogP contribution in [-0.2, 0) is 0 Å². The molecular formula is C14H15N3S. The maximum atomic E-state index is 4.51. The number of hydrogen-bond acceptors (Lipinski definition) is 4. The first kappa shape index (κ1) is 11.4. The van der Waals surface area contributed by atoms with Gasteiger partial charge in [-0.1, -0.05) is 6.07 Å². The molecule has 0 aromatic carbocycles. The van der Waals surface area contributed by atoms with Gasteiger partial charge in [-0.15, -0.1) is 11.3 Å². The second-order valence-electron chi connectivity index (χ2n) is 4.31. The van der Waals surface area contributed by atoms with Crippen molar-refractivity contribution in [2.24, 2.45) is 4.99 Å². The molecule has 92 valence electrons. The van der Waals surface area contributed by atoms with E-state index in [0.29, 0.717) is 5.92 Å². The maximum absolute atomic E-state index is 4.51. The summed E-state index contributed by atoms with van der Waals surface area (Å²) in [4.78, 5) is 9.99. The van der Waals surface area contributed by atoms with E-state index in [4.69, 9.17) is 0 Å². The highest BCUT2D eigenvalue weighted by atomic mass is 32.1. The van der Waals surface area contributed by atoms with Crippen LogP contribution in [0.5, 0.6) is 0 Å². The first-order valence-electron chi connectivity index (χ1n) is 6.14. The molecule has 0 saturated carbocycles. The number of amidine groups is 1. The topological polar surface area (TPSA) is 37.3 Å². The summed E-state index contributed by atoms with van der Waals surface area (Å²) in [6, 6.07) is 8.50. The molecule has 1 atom stereocenters. The molecule has 3 nitrogen and oxygen atoms in total. The Morgan fingerprint density at radius 2 is 2.17 bits per heavy atom. The van der Waals surface area contributed by atoms with Crippen molar-refractivity contribution in [2.75, 3.05) is 13.1 Å². The fourth-order valence-corrected chi connectivity index (χ4v) is 3.10. The highest BCUT2D eigenvalue weighted by molar-refractivity contribution is 7.10. The van der Waals surface area contributed by atoms with Crippen molar-refractivity contribution in [1.82, 2.24) is 10.3 Å². The number of aromatic nitrogens is 1. The predicted molar refractivity (Wildman–Crippen MR) is 75.3 cm³/mol. The minimum Gasteiger partial charge on any atom is -0.372 e. The van der Waals surface area contributed by atoms with E-state index < -0.39 is 0 Å². The van der Waals surface area contributed by atoms with Crippen molar-refractivity contribution in [1.29, 1.82) is 0 Å². The summed E-state index contributed by atoms with van der Waals surface area (Å²) in [7, 11) is 0. The van der Waals surface area contributed by atoms with E-state index in [0.717, 1.165) is 25.3 Å². The fourth-order valence-electron chi connectivity index (χ4n) is 2.25. The zero-order valence-electron chi connectivity index (χ0n) is 10.0. The summed E-state index contributed by atoms with van der Waals surface area (Å²) >= 11 is 1.81. The van der Waals surface area contributed by atoms with Gasteiger partial charge in [0.05, 0.1) is 12.4 Å². The van der Waals surface area contributed by atoms with Crippen LogP contribution in [0.25, 0.3) is 0 Å². The van der Waals surface area contributed by atoms with Crippen LogP contribution in [0, 0.1) is 0 Å². The van der Waals surface area contributed by atoms with E-state index in [-0.39, 0.29) is 0 Å². The lowest BCUT2D eigenvalue weighted by Gasteiger charge is -2.16. The van der Waals surface area contributed by atoms with Crippen LogP contribution in [0.15, 0.2) is 47.0 Å². The molecule has 2 aromatic rings. The largest absolute Gasteiger partial charge is 0.372 e. The zero-order chi connectivity index (χ0) is 12.2. The van der Waals surface area contributed by atoms with Gasteiger partial charge in [0, 0.05) is 36.2 Å². The van der Waals surface area contributed by atoms with Crippen molar-refractivity contribution >= 4 is 17.2 Å². The summed E-state index contributed by atoms with van der Waals surface area (Å²) in [6.07, 6.45) is 4.67. The standard InChI is InChI=1S/C14H15N3S/c1-2-13(18-9-1)12(10-14-16-7-8-17-14)11-3-5-15-6-4-11/h1-6,9,12H,7-8,10H2,(H,16,17)/t12-/m1/s1. The summed E-state index contributed by atoms with van der Waals surface area (Å²) in [5.74, 6) is 1.52. The van der Waals surface area contributed by atoms with Gasteiger partial charge in [0.2, 0.25) is 0 Å². The van der Waals surface area contributed by atoms with Crippen molar-refractivity contribution in [2.45, 2.75) is 12.3 Å². The van der Waals surface area contributed by atoms with E-state index in [2.05, 4.69) is 44.9 Å². The van der Waals surface area contributed by atoms with Gasteiger partial charge in [0.15, 0.2) is 0 Å². The van der Waals surface area contributed by atoms with Crippen molar-refractivity contribution < 1.29 is 0 Å². The molecule has 18 heavy (non-hydrogen) atoms. The predicted octanol–water partition coefficient (Wildman–Crippen LogP) is 2.67. The first-order valence-corrected chi connectivity index (χ1v) is 7.02. The van der Waals surface area contributed by atoms with Gasteiger partial charge in [-0.25, -0.2) is 0 Å². The summed E-state index contributed by atoms with van der Waals surface area (Å²) in [5.41, 5.74) is 1.31. The Bertz CT molecular complexity index is 519. The molecule has 0 unspecified atom stereocenters. The highest BCUT2D eigenvalue weighted by Crippen LogP contribution is 2.31. The van der Waals surface area contributed by atoms with Crippen LogP contribution in [0.3, 0.4) is 0 Å². The normalized spacial score (nSPS) is 16.1. The van der Waals surface area contributed by atoms with Gasteiger partial charge in [-0.2, -0.15) is 0 Å².